The number of Topliss-reactive ketones (excluding diaryl/α,β-unsaturated/α-hetero) is 1. The van der Waals surface area contributed by atoms with Gasteiger partial charge in [0.2, 0.25) is 5.91 Å². The molecule has 4 aromatic rings. The van der Waals surface area contributed by atoms with Gasteiger partial charge in [0.25, 0.3) is 0 Å². The smallest absolute Gasteiger partial charge is 0.217 e. The minimum absolute atomic E-state index is 0.0874. The van der Waals surface area contributed by atoms with Crippen LogP contribution in [0.4, 0.5) is 0 Å². The molecule has 0 aliphatic heterocycles. The van der Waals surface area contributed by atoms with E-state index in [1.54, 1.807) is 6.92 Å². The fraction of sp³-hybridized carbons (Fsp3) is 0.200. The number of amides is 1. The summed E-state index contributed by atoms with van der Waals surface area (Å²) in [6.45, 7) is 5.58. The van der Waals surface area contributed by atoms with Crippen molar-refractivity contribution in [1.29, 1.82) is 0 Å². The van der Waals surface area contributed by atoms with Crippen LogP contribution in [0.5, 0.6) is 0 Å². The summed E-state index contributed by atoms with van der Waals surface area (Å²) >= 11 is 0. The molecule has 1 aromatic heterocycles. The molecule has 0 saturated heterocycles. The lowest BCUT2D eigenvalue weighted by Gasteiger charge is -2.41. The molecule has 1 aliphatic carbocycles. The number of aromatic amines is 1. The zero-order valence-electron chi connectivity index (χ0n) is 20.1. The predicted octanol–water partition coefficient (Wildman–Crippen LogP) is 5.60. The lowest BCUT2D eigenvalue weighted by molar-refractivity contribution is -0.124. The molecule has 35 heavy (non-hydrogen) atoms. The van der Waals surface area contributed by atoms with Crippen LogP contribution in [0.25, 0.3) is 10.9 Å². The Bertz CT molecular complexity index is 1460. The van der Waals surface area contributed by atoms with Gasteiger partial charge in [0.05, 0.1) is 5.92 Å². The summed E-state index contributed by atoms with van der Waals surface area (Å²) < 4.78 is 0. The second-order valence-corrected chi connectivity index (χ2v) is 9.40. The van der Waals surface area contributed by atoms with Crippen molar-refractivity contribution in [2.45, 2.75) is 38.6 Å². The molecule has 1 aliphatic rings. The van der Waals surface area contributed by atoms with Crippen molar-refractivity contribution >= 4 is 22.6 Å². The van der Waals surface area contributed by atoms with Gasteiger partial charge in [0, 0.05) is 41.2 Å². The van der Waals surface area contributed by atoms with Gasteiger partial charge in [0.1, 0.15) is 11.2 Å². The largest absolute Gasteiger partial charge is 0.510 e. The Morgan fingerprint density at radius 3 is 2.31 bits per heavy atom. The van der Waals surface area contributed by atoms with Crippen molar-refractivity contribution in [3.8, 4) is 0 Å². The normalized spacial score (nSPS) is 18.4. The summed E-state index contributed by atoms with van der Waals surface area (Å²) in [7, 11) is 0. The zero-order valence-corrected chi connectivity index (χ0v) is 20.1. The van der Waals surface area contributed by atoms with E-state index in [0.717, 1.165) is 38.9 Å². The van der Waals surface area contributed by atoms with Crippen molar-refractivity contribution in [2.75, 3.05) is 0 Å². The lowest BCUT2D eigenvalue weighted by Crippen LogP contribution is -2.48. The van der Waals surface area contributed by atoms with Crippen LogP contribution in [0, 0.1) is 6.92 Å². The second-order valence-electron chi connectivity index (χ2n) is 9.40. The van der Waals surface area contributed by atoms with Crippen LogP contribution in [-0.2, 0) is 21.5 Å². The van der Waals surface area contributed by atoms with Gasteiger partial charge in [-0.2, -0.15) is 0 Å². The van der Waals surface area contributed by atoms with E-state index in [4.69, 9.17) is 0 Å². The topological polar surface area (TPSA) is 82.2 Å². The second kappa shape index (κ2) is 8.58. The summed E-state index contributed by atoms with van der Waals surface area (Å²) in [4.78, 5) is 29.1. The number of allylic oxidation sites excluding steroid dienone is 2. The highest BCUT2D eigenvalue weighted by molar-refractivity contribution is 6.14. The van der Waals surface area contributed by atoms with Gasteiger partial charge >= 0.3 is 0 Å². The Balaban J connectivity index is 1.71. The van der Waals surface area contributed by atoms with Gasteiger partial charge in [-0.25, -0.2) is 0 Å². The van der Waals surface area contributed by atoms with E-state index in [1.807, 2.05) is 85.8 Å². The fourth-order valence-electron chi connectivity index (χ4n) is 5.11. The third kappa shape index (κ3) is 3.64. The summed E-state index contributed by atoms with van der Waals surface area (Å²) in [5.74, 6) is -0.647. The molecule has 5 heteroatoms. The van der Waals surface area contributed by atoms with Crippen molar-refractivity contribution in [2.24, 2.45) is 0 Å². The van der Waals surface area contributed by atoms with Gasteiger partial charge in [-0.15, -0.1) is 0 Å². The highest BCUT2D eigenvalue weighted by Gasteiger charge is 2.54. The Hall–Kier alpha value is -4.12. The summed E-state index contributed by atoms with van der Waals surface area (Å²) in [5.41, 5.74) is 4.68. The van der Waals surface area contributed by atoms with Crippen molar-refractivity contribution in [3.63, 3.8) is 0 Å². The number of carbonyl (C=O) groups is 2. The highest BCUT2D eigenvalue weighted by Crippen LogP contribution is 2.51. The first-order valence-corrected chi connectivity index (χ1v) is 11.8. The number of carbonyl (C=O) groups excluding carboxylic acids is 2. The number of ketones is 1. The molecular formula is C30H28N2O3. The van der Waals surface area contributed by atoms with Crippen LogP contribution in [0.15, 0.2) is 90.2 Å². The number of aryl methyl sites for hydroxylation is 1. The number of nitrogens with one attached hydrogen (secondary N) is 2. The van der Waals surface area contributed by atoms with Gasteiger partial charge in [-0.05, 0) is 31.0 Å². The number of para-hydroxylation sites is 1. The number of fused-ring (bicyclic) bond motifs is 1. The quantitative estimate of drug-likeness (QED) is 0.348. The number of benzene rings is 3. The summed E-state index contributed by atoms with van der Waals surface area (Å²) in [5, 5.41) is 15.4. The highest BCUT2D eigenvalue weighted by atomic mass is 16.3. The molecule has 3 aromatic carbocycles. The minimum atomic E-state index is -1.08. The molecule has 0 bridgehead atoms. The maximum atomic E-state index is 13.9. The Kier molecular flexibility index (Phi) is 5.56. The molecule has 1 heterocycles. The number of aliphatic hydroxyl groups excluding tert-OH is 1. The average molecular weight is 465 g/mol. The molecule has 0 spiro atoms. The molecule has 2 atom stereocenters. The summed E-state index contributed by atoms with van der Waals surface area (Å²) in [6.07, 6.45) is 0. The van der Waals surface area contributed by atoms with E-state index in [9.17, 15) is 14.7 Å². The number of rotatable bonds is 6. The van der Waals surface area contributed by atoms with Crippen LogP contribution >= 0.6 is 0 Å². The first-order chi connectivity index (χ1) is 16.8. The van der Waals surface area contributed by atoms with Gasteiger partial charge in [0.15, 0.2) is 5.78 Å². The monoisotopic (exact) mass is 464 g/mol. The first kappa shape index (κ1) is 22.7. The maximum absolute atomic E-state index is 13.9. The lowest BCUT2D eigenvalue weighted by atomic mass is 9.60. The van der Waals surface area contributed by atoms with Crippen LogP contribution in [0.1, 0.15) is 47.7 Å². The van der Waals surface area contributed by atoms with Crippen molar-refractivity contribution in [3.05, 3.63) is 118 Å². The minimum Gasteiger partial charge on any atom is -0.510 e. The van der Waals surface area contributed by atoms with Crippen molar-refractivity contribution < 1.29 is 14.7 Å². The van der Waals surface area contributed by atoms with Crippen molar-refractivity contribution in [1.82, 2.24) is 10.3 Å². The molecule has 2 unspecified atom stereocenters. The molecule has 5 rings (SSSR count). The molecule has 176 valence electrons. The van der Waals surface area contributed by atoms with E-state index in [-0.39, 0.29) is 17.4 Å². The molecule has 1 amide bonds. The third-order valence-electron chi connectivity index (χ3n) is 7.13. The van der Waals surface area contributed by atoms with E-state index >= 15 is 0 Å². The van der Waals surface area contributed by atoms with Gasteiger partial charge in [-0.3, -0.25) is 9.59 Å². The average Bonchev–Trinajstić information content (AvgIpc) is 3.24. The molecular weight excluding hydrogens is 436 g/mol. The standard InChI is InChI=1S/C30H28N2O3/c1-18-13-15-21(16-14-18)30(3)28(34)26(29(30)35)25(20-9-5-4-6-10-20)27-23(17-31-19(2)33)22-11-7-8-12-24(22)32-27/h4-16,25,32,34H,17H2,1-3H3,(H,31,33). The van der Waals surface area contributed by atoms with E-state index < -0.39 is 11.3 Å². The number of hydrogen-bond donors (Lipinski definition) is 3. The van der Waals surface area contributed by atoms with Gasteiger partial charge in [-0.1, -0.05) is 78.4 Å². The Morgan fingerprint density at radius 2 is 1.66 bits per heavy atom. The number of hydrogen-bond acceptors (Lipinski definition) is 3. The summed E-state index contributed by atoms with van der Waals surface area (Å²) in [6, 6.07) is 25.3. The van der Waals surface area contributed by atoms with Crippen LogP contribution < -0.4 is 5.32 Å². The number of aromatic nitrogens is 1. The molecule has 5 nitrogen and oxygen atoms in total. The van der Waals surface area contributed by atoms with Gasteiger partial charge < -0.3 is 15.4 Å². The Morgan fingerprint density at radius 1 is 1.00 bits per heavy atom. The molecule has 0 radical (unpaired) electrons. The van der Waals surface area contributed by atoms with Crippen LogP contribution in [-0.4, -0.2) is 21.8 Å². The van der Waals surface area contributed by atoms with E-state index in [2.05, 4.69) is 10.3 Å². The van der Waals surface area contributed by atoms with Crippen LogP contribution in [0.2, 0.25) is 0 Å². The first-order valence-electron chi connectivity index (χ1n) is 11.8. The van der Waals surface area contributed by atoms with E-state index in [1.165, 1.54) is 6.92 Å². The molecule has 3 N–H and O–H groups in total. The maximum Gasteiger partial charge on any atom is 0.217 e. The zero-order chi connectivity index (χ0) is 24.7. The van der Waals surface area contributed by atoms with E-state index in [0.29, 0.717) is 12.1 Å². The fourth-order valence-corrected chi connectivity index (χ4v) is 5.11. The number of H-pyrrole nitrogens is 1. The molecule has 0 saturated carbocycles. The number of aliphatic hydroxyl groups is 1. The Labute approximate surface area is 204 Å². The third-order valence-corrected chi connectivity index (χ3v) is 7.13. The molecule has 0 fully saturated rings. The predicted molar refractivity (Wildman–Crippen MR) is 137 cm³/mol. The van der Waals surface area contributed by atoms with Crippen LogP contribution in [0.3, 0.4) is 0 Å². The SMILES string of the molecule is CC(=O)NCc1c(C(C2=C(O)C(C)(c3ccc(C)cc3)C2=O)c2ccccc2)[nH]c2ccccc12.